The molecule has 0 bridgehead atoms. The van der Waals surface area contributed by atoms with Gasteiger partial charge in [-0.15, -0.1) is 0 Å². The van der Waals surface area contributed by atoms with E-state index >= 15 is 0 Å². The molecular weight excluding hydrogens is 302 g/mol. The minimum absolute atomic E-state index is 0.253. The zero-order valence-corrected chi connectivity index (χ0v) is 13.1. The van der Waals surface area contributed by atoms with Crippen molar-refractivity contribution in [2.24, 2.45) is 5.92 Å². The normalized spacial score (nSPS) is 15.0. The van der Waals surface area contributed by atoms with Crippen LogP contribution >= 0.6 is 0 Å². The van der Waals surface area contributed by atoms with E-state index in [1.54, 1.807) is 12.4 Å². The molecule has 0 aliphatic heterocycles. The number of rotatable bonds is 4. The number of ether oxygens (including phenoxy) is 1. The number of hydrogen-bond acceptors (Lipinski definition) is 4. The number of aromatic nitrogens is 3. The van der Waals surface area contributed by atoms with Gasteiger partial charge in [-0.2, -0.15) is 0 Å². The predicted molar refractivity (Wildman–Crippen MR) is 89.2 cm³/mol. The summed E-state index contributed by atoms with van der Waals surface area (Å²) in [4.78, 5) is 20.6. The fourth-order valence-corrected chi connectivity index (χ4v) is 2.73. The first kappa shape index (κ1) is 14.6. The number of carbonyl (C=O) groups excluding carboxylic acids is 1. The molecule has 1 aliphatic carbocycles. The lowest BCUT2D eigenvalue weighted by Crippen LogP contribution is -2.17. The monoisotopic (exact) mass is 319 g/mol. The minimum atomic E-state index is -0.406. The van der Waals surface area contributed by atoms with Crippen LogP contribution in [0.1, 0.15) is 24.5 Å². The summed E-state index contributed by atoms with van der Waals surface area (Å²) >= 11 is 0. The highest BCUT2D eigenvalue weighted by Gasteiger charge is 2.35. The van der Waals surface area contributed by atoms with Gasteiger partial charge in [0.2, 0.25) is 0 Å². The molecule has 0 N–H and O–H groups in total. The van der Waals surface area contributed by atoms with E-state index in [0.29, 0.717) is 5.92 Å². The molecule has 1 fully saturated rings. The van der Waals surface area contributed by atoms with E-state index in [1.165, 1.54) is 10.9 Å². The zero-order chi connectivity index (χ0) is 16.4. The van der Waals surface area contributed by atoms with Gasteiger partial charge in [-0.1, -0.05) is 36.4 Å². The maximum absolute atomic E-state index is 12.2. The Balaban J connectivity index is 1.55. The Hall–Kier alpha value is -2.95. The van der Waals surface area contributed by atoms with Gasteiger partial charge in [0.1, 0.15) is 12.4 Å². The van der Waals surface area contributed by atoms with Crippen LogP contribution in [-0.2, 0) is 4.74 Å². The maximum Gasteiger partial charge on any atom is 0.419 e. The largest absolute Gasteiger partial charge is 0.440 e. The second-order valence-corrected chi connectivity index (χ2v) is 5.95. The summed E-state index contributed by atoms with van der Waals surface area (Å²) in [5, 5.41) is 0. The Bertz CT molecular complexity index is 810. The number of pyridine rings is 1. The highest BCUT2D eigenvalue weighted by atomic mass is 16.6. The Morgan fingerprint density at radius 3 is 2.62 bits per heavy atom. The van der Waals surface area contributed by atoms with Crippen LogP contribution in [0.4, 0.5) is 4.79 Å². The lowest BCUT2D eigenvalue weighted by Gasteiger charge is -2.17. The Kier molecular flexibility index (Phi) is 3.83. The van der Waals surface area contributed by atoms with Gasteiger partial charge >= 0.3 is 6.09 Å². The third-order valence-electron chi connectivity index (χ3n) is 4.18. The van der Waals surface area contributed by atoms with Gasteiger partial charge in [0.15, 0.2) is 0 Å². The standard InChI is InChI=1S/C19H17N3O2/c23-19(22-11-10-20-13-22)24-18(15-6-7-15)16-8-9-17(21-12-16)14-4-2-1-3-5-14/h1-5,8-13,15,18H,6-7H2. The van der Waals surface area contributed by atoms with Crippen LogP contribution in [0, 0.1) is 5.92 Å². The number of nitrogens with zero attached hydrogens (tertiary/aromatic N) is 3. The van der Waals surface area contributed by atoms with Gasteiger partial charge in [-0.25, -0.2) is 14.3 Å². The molecule has 0 amide bonds. The van der Waals surface area contributed by atoms with Crippen LogP contribution in [0.15, 0.2) is 67.4 Å². The summed E-state index contributed by atoms with van der Waals surface area (Å²) < 4.78 is 7.04. The summed E-state index contributed by atoms with van der Waals surface area (Å²) in [6, 6.07) is 14.0. The highest BCUT2D eigenvalue weighted by molar-refractivity contribution is 5.70. The quantitative estimate of drug-likeness (QED) is 0.727. The average Bonchev–Trinajstić information content (AvgIpc) is 3.33. The smallest absolute Gasteiger partial charge is 0.419 e. The van der Waals surface area contributed by atoms with Gasteiger partial charge in [0, 0.05) is 35.6 Å². The van der Waals surface area contributed by atoms with Crippen molar-refractivity contribution in [3.63, 3.8) is 0 Å². The van der Waals surface area contributed by atoms with E-state index in [-0.39, 0.29) is 6.10 Å². The van der Waals surface area contributed by atoms with Gasteiger partial charge in [0.05, 0.1) is 5.69 Å². The van der Waals surface area contributed by atoms with Gasteiger partial charge in [-0.05, 0) is 18.9 Å². The molecule has 1 saturated carbocycles. The Labute approximate surface area is 139 Å². The van der Waals surface area contributed by atoms with Gasteiger partial charge in [0.25, 0.3) is 0 Å². The van der Waals surface area contributed by atoms with E-state index in [0.717, 1.165) is 29.7 Å². The van der Waals surface area contributed by atoms with Crippen molar-refractivity contribution in [1.82, 2.24) is 14.5 Å². The highest BCUT2D eigenvalue weighted by Crippen LogP contribution is 2.43. The summed E-state index contributed by atoms with van der Waals surface area (Å²) in [6.45, 7) is 0. The van der Waals surface area contributed by atoms with Crippen LogP contribution in [-0.4, -0.2) is 20.6 Å². The van der Waals surface area contributed by atoms with Crippen LogP contribution in [0.25, 0.3) is 11.3 Å². The number of benzene rings is 1. The second kappa shape index (κ2) is 6.28. The minimum Gasteiger partial charge on any atom is -0.440 e. The first-order chi connectivity index (χ1) is 11.8. The van der Waals surface area contributed by atoms with Crippen molar-refractivity contribution in [2.75, 3.05) is 0 Å². The number of imidazole rings is 1. The van der Waals surface area contributed by atoms with Crippen molar-refractivity contribution in [3.05, 3.63) is 72.9 Å². The van der Waals surface area contributed by atoms with E-state index in [2.05, 4.69) is 9.97 Å². The first-order valence-corrected chi connectivity index (χ1v) is 8.01. The predicted octanol–water partition coefficient (Wildman–Crippen LogP) is 4.08. The maximum atomic E-state index is 12.2. The van der Waals surface area contributed by atoms with Crippen molar-refractivity contribution in [3.8, 4) is 11.3 Å². The summed E-state index contributed by atoms with van der Waals surface area (Å²) in [5.74, 6) is 0.377. The van der Waals surface area contributed by atoms with E-state index in [4.69, 9.17) is 4.74 Å². The molecular formula is C19H17N3O2. The topological polar surface area (TPSA) is 57.0 Å². The lowest BCUT2D eigenvalue weighted by molar-refractivity contribution is 0.0860. The Morgan fingerprint density at radius 1 is 1.17 bits per heavy atom. The van der Waals surface area contributed by atoms with Crippen molar-refractivity contribution < 1.29 is 9.53 Å². The van der Waals surface area contributed by atoms with Gasteiger partial charge in [-0.3, -0.25) is 4.98 Å². The molecule has 120 valence electrons. The van der Waals surface area contributed by atoms with E-state index < -0.39 is 6.09 Å². The van der Waals surface area contributed by atoms with Crippen LogP contribution in [0.3, 0.4) is 0 Å². The molecule has 2 heterocycles. The fourth-order valence-electron chi connectivity index (χ4n) is 2.73. The molecule has 0 saturated heterocycles. The van der Waals surface area contributed by atoms with Crippen LogP contribution in [0.5, 0.6) is 0 Å². The third kappa shape index (κ3) is 3.06. The molecule has 1 aliphatic rings. The van der Waals surface area contributed by atoms with E-state index in [1.807, 2.05) is 48.7 Å². The Morgan fingerprint density at radius 2 is 2.00 bits per heavy atom. The van der Waals surface area contributed by atoms with E-state index in [9.17, 15) is 4.79 Å². The van der Waals surface area contributed by atoms with Crippen LogP contribution < -0.4 is 0 Å². The number of carbonyl (C=O) groups is 1. The molecule has 2 aromatic heterocycles. The summed E-state index contributed by atoms with van der Waals surface area (Å²) in [7, 11) is 0. The molecule has 1 unspecified atom stereocenters. The SMILES string of the molecule is O=C(OC(c1ccc(-c2ccccc2)nc1)C1CC1)n1ccnc1. The molecule has 5 nitrogen and oxygen atoms in total. The molecule has 0 radical (unpaired) electrons. The molecule has 1 aromatic carbocycles. The molecule has 3 aromatic rings. The van der Waals surface area contributed by atoms with Crippen molar-refractivity contribution >= 4 is 6.09 Å². The summed E-state index contributed by atoms with van der Waals surface area (Å²) in [5.41, 5.74) is 2.92. The van der Waals surface area contributed by atoms with Crippen molar-refractivity contribution in [2.45, 2.75) is 18.9 Å². The van der Waals surface area contributed by atoms with Crippen LogP contribution in [0.2, 0.25) is 0 Å². The molecule has 0 spiro atoms. The van der Waals surface area contributed by atoms with Gasteiger partial charge < -0.3 is 4.74 Å². The summed E-state index contributed by atoms with van der Waals surface area (Å²) in [6.07, 6.45) is 7.89. The van der Waals surface area contributed by atoms with Crippen molar-refractivity contribution in [1.29, 1.82) is 0 Å². The first-order valence-electron chi connectivity index (χ1n) is 8.01. The lowest BCUT2D eigenvalue weighted by atomic mass is 10.1. The third-order valence-corrected chi connectivity index (χ3v) is 4.18. The fraction of sp³-hybridized carbons (Fsp3) is 0.211. The zero-order valence-electron chi connectivity index (χ0n) is 13.1. The molecule has 4 rings (SSSR count). The molecule has 24 heavy (non-hydrogen) atoms. The second-order valence-electron chi connectivity index (χ2n) is 5.95. The molecule has 1 atom stereocenters. The average molecular weight is 319 g/mol. The molecule has 5 heteroatoms. The number of hydrogen-bond donors (Lipinski definition) is 0.